The Bertz CT molecular complexity index is 1200. The van der Waals surface area contributed by atoms with Crippen molar-refractivity contribution in [2.24, 2.45) is 4.99 Å². The number of anilines is 1. The Balaban J connectivity index is 1.24. The quantitative estimate of drug-likeness (QED) is 0.267. The van der Waals surface area contributed by atoms with E-state index in [1.54, 1.807) is 12.1 Å². The Morgan fingerprint density at radius 2 is 1.92 bits per heavy atom. The third-order valence-corrected chi connectivity index (χ3v) is 5.64. The van der Waals surface area contributed by atoms with Gasteiger partial charge in [0.2, 0.25) is 11.9 Å². The summed E-state index contributed by atoms with van der Waals surface area (Å²) in [6.07, 6.45) is 2.08. The molecule has 0 unspecified atom stereocenters. The fraction of sp³-hybridized carbons (Fsp3) is 0.360. The highest BCUT2D eigenvalue weighted by atomic mass is 16.5. The van der Waals surface area contributed by atoms with Gasteiger partial charge in [-0.2, -0.15) is 0 Å². The number of benzene rings is 2. The van der Waals surface area contributed by atoms with Crippen LogP contribution >= 0.6 is 0 Å². The first-order valence-corrected chi connectivity index (χ1v) is 12.2. The zero-order valence-electron chi connectivity index (χ0n) is 20.3. The largest absolute Gasteiger partial charge is 0.494 e. The van der Waals surface area contributed by atoms with E-state index in [2.05, 4.69) is 36.5 Å². The van der Waals surface area contributed by atoms with Crippen molar-refractivity contribution in [1.29, 1.82) is 0 Å². The fourth-order valence-corrected chi connectivity index (χ4v) is 3.72. The van der Waals surface area contributed by atoms with Crippen LogP contribution in [0.25, 0.3) is 0 Å². The van der Waals surface area contributed by atoms with Crippen LogP contribution in [0.4, 0.5) is 5.95 Å². The summed E-state index contributed by atoms with van der Waals surface area (Å²) in [5.74, 6) is 0.353. The molecule has 0 bridgehead atoms. The molecule has 1 aliphatic rings. The van der Waals surface area contributed by atoms with E-state index >= 15 is 0 Å². The molecule has 12 heteroatoms. The van der Waals surface area contributed by atoms with E-state index in [1.807, 2.05) is 42.5 Å². The van der Waals surface area contributed by atoms with Crippen LogP contribution in [0.1, 0.15) is 30.4 Å². The van der Waals surface area contributed by atoms with Gasteiger partial charge < -0.3 is 20.5 Å². The second-order valence-electron chi connectivity index (χ2n) is 8.54. The molecule has 12 nitrogen and oxygen atoms in total. The van der Waals surface area contributed by atoms with Gasteiger partial charge in [0.25, 0.3) is 0 Å². The number of aromatic nitrogens is 4. The Morgan fingerprint density at radius 1 is 1.11 bits per heavy atom. The van der Waals surface area contributed by atoms with Crippen molar-refractivity contribution in [2.45, 2.75) is 38.3 Å². The Morgan fingerprint density at radius 3 is 2.65 bits per heavy atom. The number of carboxylic acids is 1. The highest BCUT2D eigenvalue weighted by Gasteiger charge is 2.21. The number of tetrazole rings is 1. The predicted molar refractivity (Wildman–Crippen MR) is 136 cm³/mol. The lowest BCUT2D eigenvalue weighted by molar-refractivity contribution is -0.137. The van der Waals surface area contributed by atoms with Crippen molar-refractivity contribution in [2.75, 3.05) is 25.0 Å². The van der Waals surface area contributed by atoms with Gasteiger partial charge >= 0.3 is 5.97 Å². The van der Waals surface area contributed by atoms with E-state index in [4.69, 9.17) is 4.74 Å². The van der Waals surface area contributed by atoms with Gasteiger partial charge in [0.15, 0.2) is 5.96 Å². The topological polar surface area (TPSA) is 156 Å². The number of carboxylic acid groups (broad SMARTS) is 1. The van der Waals surface area contributed by atoms with E-state index in [0.717, 1.165) is 30.6 Å². The summed E-state index contributed by atoms with van der Waals surface area (Å²) in [5, 5.41) is 30.1. The molecule has 4 rings (SSSR count). The van der Waals surface area contributed by atoms with Crippen LogP contribution in [0.15, 0.2) is 59.6 Å². The second-order valence-corrected chi connectivity index (χ2v) is 8.54. The van der Waals surface area contributed by atoms with Crippen LogP contribution in [0.2, 0.25) is 0 Å². The van der Waals surface area contributed by atoms with Crippen molar-refractivity contribution in [3.63, 3.8) is 0 Å². The lowest BCUT2D eigenvalue weighted by atomic mass is 10.1. The van der Waals surface area contributed by atoms with Crippen molar-refractivity contribution in [3.05, 3.63) is 65.7 Å². The molecule has 194 valence electrons. The Labute approximate surface area is 214 Å². The molecule has 0 saturated carbocycles. The molecule has 3 aromatic rings. The number of carbonyl (C=O) groups is 2. The normalized spacial score (nSPS) is 13.7. The minimum atomic E-state index is -1.01. The molecule has 2 aromatic carbocycles. The van der Waals surface area contributed by atoms with Crippen LogP contribution in [0.3, 0.4) is 0 Å². The minimum absolute atomic E-state index is 0.103. The second kappa shape index (κ2) is 13.0. The average molecular weight is 507 g/mol. The van der Waals surface area contributed by atoms with Crippen molar-refractivity contribution < 1.29 is 19.4 Å². The lowest BCUT2D eigenvalue weighted by Crippen LogP contribution is -2.43. The van der Waals surface area contributed by atoms with Crippen molar-refractivity contribution in [3.8, 4) is 5.75 Å². The summed E-state index contributed by atoms with van der Waals surface area (Å²) in [5.41, 5.74) is 1.81. The van der Waals surface area contributed by atoms with Crippen LogP contribution in [0.5, 0.6) is 5.75 Å². The maximum atomic E-state index is 12.0. The number of aliphatic imine (C=N–C) groups is 1. The van der Waals surface area contributed by atoms with Gasteiger partial charge in [0.05, 0.1) is 13.2 Å². The molecular formula is C25H30N8O4. The number of carbonyl (C=O) groups excluding carboxylic acids is 1. The number of rotatable bonds is 12. The number of guanidine groups is 1. The summed E-state index contributed by atoms with van der Waals surface area (Å²) >= 11 is 0. The number of hydrogen-bond donors (Lipinski definition) is 4. The smallest absolute Gasteiger partial charge is 0.326 e. The number of amides is 1. The number of aliphatic carboxylic acids is 1. The van der Waals surface area contributed by atoms with Crippen LogP contribution < -0.4 is 20.7 Å². The maximum absolute atomic E-state index is 12.0. The summed E-state index contributed by atoms with van der Waals surface area (Å²) < 4.78 is 7.25. The van der Waals surface area contributed by atoms with Gasteiger partial charge in [0.1, 0.15) is 11.8 Å². The summed E-state index contributed by atoms with van der Waals surface area (Å²) in [6, 6.07) is 15.9. The number of ether oxygens (including phenoxy) is 1. The number of nitrogens with zero attached hydrogens (tertiary/aromatic N) is 5. The SMILES string of the molecule is O=C(CCCOc1ccc(C[C@H](Nc2nnnn2Cc2ccccc2)C(=O)O)cc1)NC1=NCCCN1. The summed E-state index contributed by atoms with van der Waals surface area (Å²) in [6.45, 7) is 2.34. The van der Waals surface area contributed by atoms with Gasteiger partial charge in [-0.3, -0.25) is 15.1 Å². The van der Waals surface area contributed by atoms with Gasteiger partial charge in [-0.15, -0.1) is 0 Å². The zero-order valence-corrected chi connectivity index (χ0v) is 20.3. The first-order chi connectivity index (χ1) is 18.1. The molecule has 0 aliphatic carbocycles. The maximum Gasteiger partial charge on any atom is 0.326 e. The molecule has 37 heavy (non-hydrogen) atoms. The predicted octanol–water partition coefficient (Wildman–Crippen LogP) is 1.45. The van der Waals surface area contributed by atoms with E-state index in [9.17, 15) is 14.7 Å². The fourth-order valence-electron chi connectivity index (χ4n) is 3.72. The summed E-state index contributed by atoms with van der Waals surface area (Å²) in [7, 11) is 0. The van der Waals surface area contributed by atoms with E-state index in [1.165, 1.54) is 4.68 Å². The molecule has 1 aromatic heterocycles. The third kappa shape index (κ3) is 8.02. The number of nitrogens with one attached hydrogen (secondary N) is 3. The van der Waals surface area contributed by atoms with Crippen LogP contribution in [0, 0.1) is 0 Å². The molecule has 1 atom stereocenters. The zero-order chi connectivity index (χ0) is 25.9. The molecule has 4 N–H and O–H groups in total. The molecule has 1 aliphatic heterocycles. The lowest BCUT2D eigenvalue weighted by Gasteiger charge is -2.16. The first kappa shape index (κ1) is 25.6. The molecule has 0 radical (unpaired) electrons. The van der Waals surface area contributed by atoms with Gasteiger partial charge in [0, 0.05) is 25.9 Å². The third-order valence-electron chi connectivity index (χ3n) is 5.64. The van der Waals surface area contributed by atoms with Gasteiger partial charge in [-0.25, -0.2) is 9.48 Å². The molecule has 0 spiro atoms. The molecular weight excluding hydrogens is 476 g/mol. The Hall–Kier alpha value is -4.48. The molecule has 0 saturated heterocycles. The van der Waals surface area contributed by atoms with Crippen molar-refractivity contribution in [1.82, 2.24) is 30.8 Å². The minimum Gasteiger partial charge on any atom is -0.494 e. The van der Waals surface area contributed by atoms with Crippen molar-refractivity contribution >= 4 is 23.8 Å². The first-order valence-electron chi connectivity index (χ1n) is 12.2. The molecule has 1 amide bonds. The molecule has 0 fully saturated rings. The number of hydrogen-bond acceptors (Lipinski definition) is 9. The Kier molecular flexibility index (Phi) is 9.00. The van der Waals surface area contributed by atoms with E-state index in [0.29, 0.717) is 37.7 Å². The monoisotopic (exact) mass is 506 g/mol. The molecule has 2 heterocycles. The van der Waals surface area contributed by atoms with Crippen LogP contribution in [-0.4, -0.2) is 68.9 Å². The highest BCUT2D eigenvalue weighted by molar-refractivity contribution is 5.97. The van der Waals surface area contributed by atoms with E-state index in [-0.39, 0.29) is 18.3 Å². The summed E-state index contributed by atoms with van der Waals surface area (Å²) in [4.78, 5) is 28.1. The standard InChI is InChI=1S/C25H30N8O4/c34-22(29-24-26-13-5-14-27-24)8-4-15-37-20-11-9-18(10-12-20)16-21(23(35)36)28-25-30-31-32-33(25)17-19-6-2-1-3-7-19/h1-3,6-7,9-12,21H,4-5,8,13-17H2,(H,35,36)(H,28,30,32)(H2,26,27,29,34)/t21-/m0/s1. The average Bonchev–Trinajstić information content (AvgIpc) is 3.34. The van der Waals surface area contributed by atoms with Gasteiger partial charge in [-0.1, -0.05) is 47.6 Å². The van der Waals surface area contributed by atoms with Crippen LogP contribution in [-0.2, 0) is 22.6 Å². The van der Waals surface area contributed by atoms with Gasteiger partial charge in [-0.05, 0) is 46.5 Å². The highest BCUT2D eigenvalue weighted by Crippen LogP contribution is 2.16. The van der Waals surface area contributed by atoms with E-state index < -0.39 is 12.0 Å².